The molecule has 0 bridgehead atoms. The van der Waals surface area contributed by atoms with E-state index in [2.05, 4.69) is 10.6 Å². The van der Waals surface area contributed by atoms with Gasteiger partial charge in [0.15, 0.2) is 0 Å². The monoisotopic (exact) mass is 254 g/mol. The second-order valence-corrected chi connectivity index (χ2v) is 5.56. The van der Waals surface area contributed by atoms with E-state index in [9.17, 15) is 14.7 Å². The summed E-state index contributed by atoms with van der Waals surface area (Å²) in [7, 11) is 0. The van der Waals surface area contributed by atoms with Gasteiger partial charge in [-0.15, -0.1) is 0 Å². The lowest BCUT2D eigenvalue weighted by Gasteiger charge is -2.41. The normalized spacial score (nSPS) is 29.6. The SMILES string of the molecule is CCCC1(C(=O)NC2(C(=O)O)CCC2)CCCN1. The zero-order valence-corrected chi connectivity index (χ0v) is 10.9. The highest BCUT2D eigenvalue weighted by atomic mass is 16.4. The van der Waals surface area contributed by atoms with Crippen molar-refractivity contribution in [2.24, 2.45) is 0 Å². The predicted molar refractivity (Wildman–Crippen MR) is 67.2 cm³/mol. The first-order valence-corrected chi connectivity index (χ1v) is 6.86. The quantitative estimate of drug-likeness (QED) is 0.685. The summed E-state index contributed by atoms with van der Waals surface area (Å²) < 4.78 is 0. The van der Waals surface area contributed by atoms with Gasteiger partial charge in [0.2, 0.25) is 5.91 Å². The van der Waals surface area contributed by atoms with Gasteiger partial charge in [-0.3, -0.25) is 4.79 Å². The molecule has 2 rings (SSSR count). The standard InChI is InChI=1S/C13H22N2O3/c1-2-5-12(8-4-9-14-12)10(16)15-13(11(17)18)6-3-7-13/h14H,2-9H2,1H3,(H,15,16)(H,17,18). The van der Waals surface area contributed by atoms with Crippen LogP contribution in [0.15, 0.2) is 0 Å². The Labute approximate surface area is 107 Å². The Morgan fingerprint density at radius 3 is 2.39 bits per heavy atom. The smallest absolute Gasteiger partial charge is 0.329 e. The predicted octanol–water partition coefficient (Wildman–Crippen LogP) is 1.03. The van der Waals surface area contributed by atoms with Gasteiger partial charge in [-0.05, 0) is 45.1 Å². The summed E-state index contributed by atoms with van der Waals surface area (Å²) in [5, 5.41) is 15.3. The molecule has 1 unspecified atom stereocenters. The van der Waals surface area contributed by atoms with Crippen molar-refractivity contribution in [3.8, 4) is 0 Å². The third-order valence-corrected chi connectivity index (χ3v) is 4.32. The van der Waals surface area contributed by atoms with Crippen LogP contribution in [-0.4, -0.2) is 34.6 Å². The van der Waals surface area contributed by atoms with Crippen LogP contribution in [0.4, 0.5) is 0 Å². The minimum Gasteiger partial charge on any atom is -0.480 e. The van der Waals surface area contributed by atoms with E-state index in [-0.39, 0.29) is 5.91 Å². The molecular formula is C13H22N2O3. The number of aliphatic carboxylic acids is 1. The molecule has 3 N–H and O–H groups in total. The summed E-state index contributed by atoms with van der Waals surface area (Å²) in [6.45, 7) is 2.89. The number of carbonyl (C=O) groups excluding carboxylic acids is 1. The fraction of sp³-hybridized carbons (Fsp3) is 0.846. The summed E-state index contributed by atoms with van der Waals surface area (Å²) in [5.41, 5.74) is -1.53. The van der Waals surface area contributed by atoms with Gasteiger partial charge in [0.25, 0.3) is 0 Å². The summed E-state index contributed by atoms with van der Waals surface area (Å²) in [5.74, 6) is -1.02. The molecule has 2 fully saturated rings. The molecule has 1 amide bonds. The number of carbonyl (C=O) groups is 2. The van der Waals surface area contributed by atoms with E-state index in [1.165, 1.54) is 0 Å². The van der Waals surface area contributed by atoms with Gasteiger partial charge in [-0.2, -0.15) is 0 Å². The van der Waals surface area contributed by atoms with E-state index < -0.39 is 17.0 Å². The van der Waals surface area contributed by atoms with Crippen LogP contribution < -0.4 is 10.6 Å². The molecule has 5 heteroatoms. The van der Waals surface area contributed by atoms with Crippen molar-refractivity contribution in [1.29, 1.82) is 0 Å². The van der Waals surface area contributed by atoms with Crippen molar-refractivity contribution in [2.75, 3.05) is 6.54 Å². The van der Waals surface area contributed by atoms with Crippen LogP contribution in [0.5, 0.6) is 0 Å². The average Bonchev–Trinajstić information content (AvgIpc) is 2.73. The van der Waals surface area contributed by atoms with Crippen LogP contribution in [0.25, 0.3) is 0 Å². The number of carboxylic acids is 1. The summed E-state index contributed by atoms with van der Waals surface area (Å²) in [6, 6.07) is 0. The number of amides is 1. The molecule has 1 saturated heterocycles. The number of rotatable bonds is 5. The second kappa shape index (κ2) is 4.88. The molecule has 1 atom stereocenters. The van der Waals surface area contributed by atoms with Crippen LogP contribution in [0.3, 0.4) is 0 Å². The molecule has 18 heavy (non-hydrogen) atoms. The Bertz CT molecular complexity index is 344. The van der Waals surface area contributed by atoms with E-state index in [4.69, 9.17) is 0 Å². The molecule has 0 radical (unpaired) electrons. The Hall–Kier alpha value is -1.10. The minimum atomic E-state index is -0.998. The van der Waals surface area contributed by atoms with Crippen molar-refractivity contribution in [3.05, 3.63) is 0 Å². The summed E-state index contributed by atoms with van der Waals surface area (Å²) >= 11 is 0. The van der Waals surface area contributed by atoms with Crippen molar-refractivity contribution < 1.29 is 14.7 Å². The van der Waals surface area contributed by atoms with Gasteiger partial charge in [0, 0.05) is 0 Å². The first-order chi connectivity index (χ1) is 8.55. The lowest BCUT2D eigenvalue weighted by molar-refractivity contribution is -0.153. The highest BCUT2D eigenvalue weighted by Gasteiger charge is 2.50. The zero-order valence-electron chi connectivity index (χ0n) is 10.9. The number of hydrogen-bond donors (Lipinski definition) is 3. The molecule has 1 aliphatic carbocycles. The van der Waals surface area contributed by atoms with E-state index >= 15 is 0 Å². The number of carboxylic acid groups (broad SMARTS) is 1. The van der Waals surface area contributed by atoms with Gasteiger partial charge in [-0.25, -0.2) is 4.79 Å². The summed E-state index contributed by atoms with van der Waals surface area (Å²) in [6.07, 6.45) is 5.46. The third-order valence-electron chi connectivity index (χ3n) is 4.32. The molecule has 5 nitrogen and oxygen atoms in total. The Balaban J connectivity index is 2.08. The van der Waals surface area contributed by atoms with Crippen LogP contribution in [0.1, 0.15) is 51.9 Å². The molecular weight excluding hydrogens is 232 g/mol. The first-order valence-electron chi connectivity index (χ1n) is 6.86. The maximum atomic E-state index is 12.4. The lowest BCUT2D eigenvalue weighted by atomic mass is 9.76. The molecule has 1 saturated carbocycles. The molecule has 1 aliphatic heterocycles. The van der Waals surface area contributed by atoms with Crippen LogP contribution >= 0.6 is 0 Å². The third kappa shape index (κ3) is 2.11. The Morgan fingerprint density at radius 2 is 2.00 bits per heavy atom. The van der Waals surface area contributed by atoms with Crippen molar-refractivity contribution in [1.82, 2.24) is 10.6 Å². The van der Waals surface area contributed by atoms with Crippen molar-refractivity contribution in [2.45, 2.75) is 62.9 Å². The molecule has 0 spiro atoms. The lowest BCUT2D eigenvalue weighted by Crippen LogP contribution is -2.65. The average molecular weight is 254 g/mol. The molecule has 0 aromatic heterocycles. The van der Waals surface area contributed by atoms with E-state index in [0.717, 1.165) is 38.6 Å². The van der Waals surface area contributed by atoms with Crippen LogP contribution in [0.2, 0.25) is 0 Å². The number of hydrogen-bond acceptors (Lipinski definition) is 3. The Morgan fingerprint density at radius 1 is 1.28 bits per heavy atom. The van der Waals surface area contributed by atoms with E-state index in [1.807, 2.05) is 6.92 Å². The van der Waals surface area contributed by atoms with Gasteiger partial charge in [0.1, 0.15) is 5.54 Å². The molecule has 0 aromatic rings. The zero-order chi connectivity index (χ0) is 13.2. The van der Waals surface area contributed by atoms with Crippen LogP contribution in [-0.2, 0) is 9.59 Å². The molecule has 1 heterocycles. The molecule has 102 valence electrons. The topological polar surface area (TPSA) is 78.4 Å². The van der Waals surface area contributed by atoms with Gasteiger partial charge >= 0.3 is 5.97 Å². The van der Waals surface area contributed by atoms with Crippen molar-refractivity contribution in [3.63, 3.8) is 0 Å². The molecule has 0 aromatic carbocycles. The van der Waals surface area contributed by atoms with Crippen molar-refractivity contribution >= 4 is 11.9 Å². The maximum Gasteiger partial charge on any atom is 0.329 e. The number of nitrogens with one attached hydrogen (secondary N) is 2. The highest BCUT2D eigenvalue weighted by molar-refractivity contribution is 5.93. The van der Waals surface area contributed by atoms with Gasteiger partial charge in [-0.1, -0.05) is 13.3 Å². The fourth-order valence-corrected chi connectivity index (χ4v) is 3.01. The van der Waals surface area contributed by atoms with Crippen LogP contribution in [0, 0.1) is 0 Å². The Kier molecular flexibility index (Phi) is 3.61. The van der Waals surface area contributed by atoms with E-state index in [1.54, 1.807) is 0 Å². The first kappa shape index (κ1) is 13.3. The largest absolute Gasteiger partial charge is 0.480 e. The van der Waals surface area contributed by atoms with Gasteiger partial charge in [0.05, 0.1) is 5.54 Å². The van der Waals surface area contributed by atoms with E-state index in [0.29, 0.717) is 12.8 Å². The maximum absolute atomic E-state index is 12.4. The second-order valence-electron chi connectivity index (χ2n) is 5.56. The summed E-state index contributed by atoms with van der Waals surface area (Å²) in [4.78, 5) is 23.7. The minimum absolute atomic E-state index is 0.121. The fourth-order valence-electron chi connectivity index (χ4n) is 3.01. The van der Waals surface area contributed by atoms with Gasteiger partial charge < -0.3 is 15.7 Å². The highest BCUT2D eigenvalue weighted by Crippen LogP contribution is 2.34. The molecule has 2 aliphatic rings.